The number of allylic oxidation sites excluding steroid dienone is 4. The van der Waals surface area contributed by atoms with E-state index >= 15 is 0 Å². The second-order valence-electron chi connectivity index (χ2n) is 2.06. The molecule has 0 aliphatic heterocycles. The summed E-state index contributed by atoms with van der Waals surface area (Å²) in [6.07, 6.45) is 8.33. The van der Waals surface area contributed by atoms with Gasteiger partial charge in [-0.3, -0.25) is 0 Å². The van der Waals surface area contributed by atoms with Crippen LogP contribution in [0, 0.1) is 5.92 Å². The highest BCUT2D eigenvalue weighted by molar-refractivity contribution is 7.33. The van der Waals surface area contributed by atoms with Crippen molar-refractivity contribution >= 4 is 29.6 Å². The molecular formula is C6H8Cl2Si. The SMILES string of the molecule is Cl[SiH](Cl)CC1C=CC=C1. The van der Waals surface area contributed by atoms with Gasteiger partial charge in [0.05, 0.1) is 0 Å². The van der Waals surface area contributed by atoms with Crippen molar-refractivity contribution in [1.82, 2.24) is 0 Å². The van der Waals surface area contributed by atoms with E-state index < -0.39 is 7.42 Å². The first-order valence-corrected chi connectivity index (χ1v) is 7.23. The monoisotopic (exact) mass is 178 g/mol. The summed E-state index contributed by atoms with van der Waals surface area (Å²) in [5, 5.41) is 0. The van der Waals surface area contributed by atoms with Gasteiger partial charge >= 0.3 is 0 Å². The predicted molar refractivity (Wildman–Crippen MR) is 45.4 cm³/mol. The van der Waals surface area contributed by atoms with Gasteiger partial charge in [0.15, 0.2) is 0 Å². The molecule has 50 valence electrons. The number of rotatable bonds is 2. The molecule has 0 N–H and O–H groups in total. The normalized spacial score (nSPS) is 18.1. The van der Waals surface area contributed by atoms with Crippen molar-refractivity contribution in [2.75, 3.05) is 0 Å². The molecule has 0 nitrogen and oxygen atoms in total. The lowest BCUT2D eigenvalue weighted by molar-refractivity contribution is 0.950. The van der Waals surface area contributed by atoms with Crippen molar-refractivity contribution in [3.63, 3.8) is 0 Å². The van der Waals surface area contributed by atoms with E-state index in [-0.39, 0.29) is 0 Å². The Bertz CT molecular complexity index is 128. The molecule has 0 fully saturated rings. The quantitative estimate of drug-likeness (QED) is 0.451. The van der Waals surface area contributed by atoms with Crippen LogP contribution in [-0.2, 0) is 0 Å². The molecule has 0 aromatic rings. The van der Waals surface area contributed by atoms with E-state index in [1.807, 2.05) is 12.2 Å². The van der Waals surface area contributed by atoms with Crippen molar-refractivity contribution in [3.8, 4) is 0 Å². The fourth-order valence-corrected chi connectivity index (χ4v) is 2.80. The minimum absolute atomic E-state index is 0.525. The molecule has 0 bridgehead atoms. The predicted octanol–water partition coefficient (Wildman–Crippen LogP) is 2.43. The number of hydrogen-bond acceptors (Lipinski definition) is 0. The molecule has 1 aliphatic rings. The Hall–Kier alpha value is 0.277. The Labute approximate surface area is 66.2 Å². The highest BCUT2D eigenvalue weighted by Crippen LogP contribution is 2.18. The zero-order chi connectivity index (χ0) is 6.69. The average molecular weight is 179 g/mol. The Kier molecular flexibility index (Phi) is 2.83. The lowest BCUT2D eigenvalue weighted by Gasteiger charge is -2.01. The van der Waals surface area contributed by atoms with Gasteiger partial charge in [0.2, 0.25) is 7.42 Å². The second-order valence-corrected chi connectivity index (χ2v) is 7.15. The van der Waals surface area contributed by atoms with Crippen LogP contribution in [0.15, 0.2) is 24.3 Å². The van der Waals surface area contributed by atoms with Crippen LogP contribution in [0.3, 0.4) is 0 Å². The van der Waals surface area contributed by atoms with Crippen LogP contribution in [-0.4, -0.2) is 7.42 Å². The molecule has 0 heterocycles. The standard InChI is InChI=1S/C6H8Cl2Si/c7-9(8)5-6-3-1-2-4-6/h1-4,6,9H,5H2. The molecule has 0 saturated carbocycles. The highest BCUT2D eigenvalue weighted by Gasteiger charge is 2.09. The Morgan fingerprint density at radius 3 is 2.22 bits per heavy atom. The first kappa shape index (κ1) is 7.38. The van der Waals surface area contributed by atoms with Crippen LogP contribution >= 0.6 is 22.2 Å². The molecule has 1 aliphatic carbocycles. The zero-order valence-corrected chi connectivity index (χ0v) is 7.59. The fraction of sp³-hybridized carbons (Fsp3) is 0.333. The third-order valence-corrected chi connectivity index (χ3v) is 3.25. The zero-order valence-electron chi connectivity index (χ0n) is 4.93. The van der Waals surface area contributed by atoms with Gasteiger partial charge in [0, 0.05) is 0 Å². The lowest BCUT2D eigenvalue weighted by Crippen LogP contribution is -1.98. The van der Waals surface area contributed by atoms with Gasteiger partial charge in [-0.2, -0.15) is 22.2 Å². The van der Waals surface area contributed by atoms with Gasteiger partial charge in [-0.25, -0.2) is 0 Å². The maximum Gasteiger partial charge on any atom is 0.237 e. The molecule has 0 aromatic carbocycles. The number of hydrogen-bond donors (Lipinski definition) is 0. The molecule has 0 spiro atoms. The van der Waals surface area contributed by atoms with Gasteiger partial charge in [-0.05, 0) is 12.0 Å². The van der Waals surface area contributed by atoms with Crippen LogP contribution < -0.4 is 0 Å². The van der Waals surface area contributed by atoms with Gasteiger partial charge in [-0.15, -0.1) is 0 Å². The van der Waals surface area contributed by atoms with Crippen LogP contribution in [0.2, 0.25) is 6.04 Å². The topological polar surface area (TPSA) is 0 Å². The average Bonchev–Trinajstić information content (AvgIpc) is 2.15. The van der Waals surface area contributed by atoms with Crippen molar-refractivity contribution in [3.05, 3.63) is 24.3 Å². The van der Waals surface area contributed by atoms with Crippen molar-refractivity contribution in [2.24, 2.45) is 5.92 Å². The molecule has 0 amide bonds. The van der Waals surface area contributed by atoms with Gasteiger partial charge < -0.3 is 0 Å². The van der Waals surface area contributed by atoms with Gasteiger partial charge in [0.25, 0.3) is 0 Å². The summed E-state index contributed by atoms with van der Waals surface area (Å²) >= 11 is 11.4. The van der Waals surface area contributed by atoms with Gasteiger partial charge in [-0.1, -0.05) is 24.3 Å². The molecule has 1 rings (SSSR count). The lowest BCUT2D eigenvalue weighted by atomic mass is 10.2. The van der Waals surface area contributed by atoms with E-state index in [4.69, 9.17) is 22.2 Å². The smallest absolute Gasteiger partial charge is 0.150 e. The summed E-state index contributed by atoms with van der Waals surface area (Å²) in [4.78, 5) is 0. The minimum Gasteiger partial charge on any atom is -0.150 e. The molecule has 0 saturated heterocycles. The summed E-state index contributed by atoms with van der Waals surface area (Å²) in [6.45, 7) is 0. The van der Waals surface area contributed by atoms with Gasteiger partial charge in [0.1, 0.15) is 0 Å². The largest absolute Gasteiger partial charge is 0.237 e. The van der Waals surface area contributed by atoms with Crippen LogP contribution in [0.4, 0.5) is 0 Å². The van der Waals surface area contributed by atoms with E-state index in [0.29, 0.717) is 5.92 Å². The third-order valence-electron chi connectivity index (χ3n) is 1.28. The third kappa shape index (κ3) is 2.56. The molecule has 0 unspecified atom stereocenters. The summed E-state index contributed by atoms with van der Waals surface area (Å²) < 4.78 is 0. The molecule has 0 radical (unpaired) electrons. The molecule has 3 heteroatoms. The van der Waals surface area contributed by atoms with E-state index in [2.05, 4.69) is 12.2 Å². The van der Waals surface area contributed by atoms with Crippen LogP contribution in [0.5, 0.6) is 0 Å². The van der Waals surface area contributed by atoms with Crippen molar-refractivity contribution in [2.45, 2.75) is 6.04 Å². The maximum atomic E-state index is 5.69. The second kappa shape index (κ2) is 3.45. The molecule has 0 aromatic heterocycles. The Balaban J connectivity index is 2.29. The first-order chi connectivity index (χ1) is 4.29. The maximum absolute atomic E-state index is 5.69. The Morgan fingerprint density at radius 2 is 1.78 bits per heavy atom. The molecule has 9 heavy (non-hydrogen) atoms. The van der Waals surface area contributed by atoms with E-state index in [1.165, 1.54) is 0 Å². The molecule has 0 atom stereocenters. The van der Waals surface area contributed by atoms with E-state index in [1.54, 1.807) is 0 Å². The van der Waals surface area contributed by atoms with E-state index in [9.17, 15) is 0 Å². The summed E-state index contributed by atoms with van der Waals surface area (Å²) in [6, 6.07) is 0.968. The minimum atomic E-state index is -1.38. The summed E-state index contributed by atoms with van der Waals surface area (Å²) in [7, 11) is -1.38. The van der Waals surface area contributed by atoms with Crippen LogP contribution in [0.1, 0.15) is 0 Å². The summed E-state index contributed by atoms with van der Waals surface area (Å²) in [5.74, 6) is 0.525. The Morgan fingerprint density at radius 1 is 1.22 bits per heavy atom. The van der Waals surface area contributed by atoms with Crippen molar-refractivity contribution < 1.29 is 0 Å². The van der Waals surface area contributed by atoms with Crippen LogP contribution in [0.25, 0.3) is 0 Å². The first-order valence-electron chi connectivity index (χ1n) is 2.92. The fourth-order valence-electron chi connectivity index (χ4n) is 0.841. The van der Waals surface area contributed by atoms with E-state index in [0.717, 1.165) is 6.04 Å². The van der Waals surface area contributed by atoms with Crippen molar-refractivity contribution in [1.29, 1.82) is 0 Å². The number of halogens is 2. The highest BCUT2D eigenvalue weighted by atomic mass is 35.7. The molecular weight excluding hydrogens is 171 g/mol. The summed E-state index contributed by atoms with van der Waals surface area (Å²) in [5.41, 5.74) is 0.